The van der Waals surface area contributed by atoms with Gasteiger partial charge in [0.25, 0.3) is 5.91 Å². The Balaban J connectivity index is 2.34. The second kappa shape index (κ2) is 4.88. The molecule has 0 aliphatic carbocycles. The van der Waals surface area contributed by atoms with Crippen LogP contribution < -0.4 is 11.1 Å². The zero-order valence-electron chi connectivity index (χ0n) is 9.45. The molecule has 1 aromatic carbocycles. The average Bonchev–Trinajstić information content (AvgIpc) is 2.60. The van der Waals surface area contributed by atoms with Crippen molar-refractivity contribution in [3.63, 3.8) is 0 Å². The van der Waals surface area contributed by atoms with Crippen LogP contribution in [0, 0.1) is 0 Å². The van der Waals surface area contributed by atoms with E-state index >= 15 is 0 Å². The predicted molar refractivity (Wildman–Crippen MR) is 72.0 cm³/mol. The second-order valence-corrected chi connectivity index (χ2v) is 4.44. The first-order chi connectivity index (χ1) is 8.50. The largest absolute Gasteiger partial charge is 0.394 e. The van der Waals surface area contributed by atoms with Crippen LogP contribution in [0.3, 0.4) is 0 Å². The van der Waals surface area contributed by atoms with Gasteiger partial charge in [0, 0.05) is 7.05 Å². The topological polar surface area (TPSA) is 72.9 Å². The van der Waals surface area contributed by atoms with E-state index in [1.807, 2.05) is 0 Å². The summed E-state index contributed by atoms with van der Waals surface area (Å²) in [5.41, 5.74) is 6.26. The maximum absolute atomic E-state index is 12.1. The molecule has 0 radical (unpaired) electrons. The maximum Gasteiger partial charge on any atom is 0.259 e. The lowest BCUT2D eigenvalue weighted by molar-refractivity contribution is 0.102. The first kappa shape index (κ1) is 12.7. The number of hydrogen-bond donors (Lipinski definition) is 2. The number of benzene rings is 1. The van der Waals surface area contributed by atoms with Crippen molar-refractivity contribution in [2.45, 2.75) is 0 Å². The molecule has 0 bridgehead atoms. The third-order valence-corrected chi connectivity index (χ3v) is 3.02. The summed E-state index contributed by atoms with van der Waals surface area (Å²) >= 11 is 11.9. The highest BCUT2D eigenvalue weighted by Crippen LogP contribution is 2.26. The summed E-state index contributed by atoms with van der Waals surface area (Å²) < 4.78 is 1.46. The summed E-state index contributed by atoms with van der Waals surface area (Å²) in [5, 5.41) is 7.10. The second-order valence-electron chi connectivity index (χ2n) is 3.62. The summed E-state index contributed by atoms with van der Waals surface area (Å²) in [5.74, 6) is -0.0307. The van der Waals surface area contributed by atoms with E-state index in [1.165, 1.54) is 10.9 Å². The minimum absolute atomic E-state index is 0.210. The standard InChI is InChI=1S/C11H10Cl2N4O/c1-17-10(8(14)5-15-17)16-11(18)9-6(12)3-2-4-7(9)13/h2-5H,14H2,1H3,(H,16,18). The number of amides is 1. The average molecular weight is 285 g/mol. The smallest absolute Gasteiger partial charge is 0.259 e. The van der Waals surface area contributed by atoms with Crippen molar-refractivity contribution in [1.82, 2.24) is 9.78 Å². The Labute approximate surface area is 113 Å². The minimum atomic E-state index is -0.430. The fourth-order valence-corrected chi connectivity index (χ4v) is 2.06. The molecule has 5 nitrogen and oxygen atoms in total. The molecule has 1 heterocycles. The monoisotopic (exact) mass is 284 g/mol. The van der Waals surface area contributed by atoms with Crippen LogP contribution in [0.25, 0.3) is 0 Å². The van der Waals surface area contributed by atoms with Crippen LogP contribution in [0.1, 0.15) is 10.4 Å². The van der Waals surface area contributed by atoms with Crippen LogP contribution in [0.5, 0.6) is 0 Å². The van der Waals surface area contributed by atoms with Crippen molar-refractivity contribution in [3.8, 4) is 0 Å². The minimum Gasteiger partial charge on any atom is -0.394 e. The molecule has 0 saturated heterocycles. The molecular formula is C11H10Cl2N4O. The van der Waals surface area contributed by atoms with Gasteiger partial charge in [0.1, 0.15) is 0 Å². The zero-order valence-corrected chi connectivity index (χ0v) is 11.0. The lowest BCUT2D eigenvalue weighted by Crippen LogP contribution is -2.16. The predicted octanol–water partition coefficient (Wildman–Crippen LogP) is 2.56. The van der Waals surface area contributed by atoms with Crippen LogP contribution in [0.4, 0.5) is 11.5 Å². The van der Waals surface area contributed by atoms with Crippen molar-refractivity contribution in [3.05, 3.63) is 40.0 Å². The summed E-state index contributed by atoms with van der Waals surface area (Å²) in [6, 6.07) is 4.85. The Morgan fingerprint density at radius 3 is 2.50 bits per heavy atom. The molecule has 7 heteroatoms. The Morgan fingerprint density at radius 2 is 2.00 bits per heavy atom. The van der Waals surface area contributed by atoms with Crippen LogP contribution >= 0.6 is 23.2 Å². The number of aryl methyl sites for hydroxylation is 1. The van der Waals surface area contributed by atoms with Crippen molar-refractivity contribution in [2.75, 3.05) is 11.1 Å². The molecule has 1 amide bonds. The fraction of sp³-hybridized carbons (Fsp3) is 0.0909. The van der Waals surface area contributed by atoms with Gasteiger partial charge in [-0.25, -0.2) is 0 Å². The molecule has 18 heavy (non-hydrogen) atoms. The summed E-state index contributed by atoms with van der Waals surface area (Å²) in [6.45, 7) is 0. The molecule has 1 aromatic heterocycles. The number of halogens is 2. The fourth-order valence-electron chi connectivity index (χ4n) is 1.49. The van der Waals surface area contributed by atoms with E-state index in [0.29, 0.717) is 11.5 Å². The lowest BCUT2D eigenvalue weighted by Gasteiger charge is -2.09. The van der Waals surface area contributed by atoms with Gasteiger partial charge in [-0.05, 0) is 12.1 Å². The SMILES string of the molecule is Cn1ncc(N)c1NC(=O)c1c(Cl)cccc1Cl. The Hall–Kier alpha value is -1.72. The molecule has 2 aromatic rings. The zero-order chi connectivity index (χ0) is 13.3. The third-order valence-electron chi connectivity index (χ3n) is 2.39. The first-order valence-corrected chi connectivity index (χ1v) is 5.79. The van der Waals surface area contributed by atoms with E-state index in [1.54, 1.807) is 25.2 Å². The van der Waals surface area contributed by atoms with E-state index in [9.17, 15) is 4.79 Å². The van der Waals surface area contributed by atoms with E-state index in [0.717, 1.165) is 0 Å². The number of carbonyl (C=O) groups is 1. The number of rotatable bonds is 2. The van der Waals surface area contributed by atoms with E-state index in [4.69, 9.17) is 28.9 Å². The van der Waals surface area contributed by atoms with Crippen LogP contribution in [-0.2, 0) is 7.05 Å². The molecule has 94 valence electrons. The van der Waals surface area contributed by atoms with Gasteiger partial charge in [-0.1, -0.05) is 29.3 Å². The molecule has 0 aliphatic heterocycles. The van der Waals surface area contributed by atoms with Gasteiger partial charge >= 0.3 is 0 Å². The number of carbonyl (C=O) groups excluding carboxylic acids is 1. The van der Waals surface area contributed by atoms with Gasteiger partial charge in [0.15, 0.2) is 5.82 Å². The molecule has 2 rings (SSSR count). The number of aromatic nitrogens is 2. The molecule has 0 spiro atoms. The number of nitrogens with two attached hydrogens (primary N) is 1. The number of anilines is 2. The summed E-state index contributed by atoms with van der Waals surface area (Å²) in [6.07, 6.45) is 1.45. The van der Waals surface area contributed by atoms with Crippen molar-refractivity contribution in [1.29, 1.82) is 0 Å². The van der Waals surface area contributed by atoms with E-state index in [-0.39, 0.29) is 15.6 Å². The van der Waals surface area contributed by atoms with Gasteiger partial charge in [-0.3, -0.25) is 9.48 Å². The number of nitrogens with one attached hydrogen (secondary N) is 1. The highest BCUT2D eigenvalue weighted by molar-refractivity contribution is 6.40. The summed E-state index contributed by atoms with van der Waals surface area (Å²) in [7, 11) is 1.67. The van der Waals surface area contributed by atoms with Crippen LogP contribution in [0.2, 0.25) is 10.0 Å². The van der Waals surface area contributed by atoms with Gasteiger partial charge in [0.2, 0.25) is 0 Å². The molecule has 0 atom stereocenters. The first-order valence-electron chi connectivity index (χ1n) is 5.03. The normalized spacial score (nSPS) is 10.4. The number of nitrogen functional groups attached to an aromatic ring is 1. The van der Waals surface area contributed by atoms with E-state index in [2.05, 4.69) is 10.4 Å². The van der Waals surface area contributed by atoms with E-state index < -0.39 is 5.91 Å². The number of nitrogens with zero attached hydrogens (tertiary/aromatic N) is 2. The molecule has 3 N–H and O–H groups in total. The van der Waals surface area contributed by atoms with Crippen molar-refractivity contribution < 1.29 is 4.79 Å². The quantitative estimate of drug-likeness (QED) is 0.890. The molecule has 0 aliphatic rings. The van der Waals surface area contributed by atoms with Gasteiger partial charge in [-0.15, -0.1) is 0 Å². The Bertz CT molecular complexity index is 569. The molecule has 0 fully saturated rings. The van der Waals surface area contributed by atoms with Crippen molar-refractivity contribution >= 4 is 40.6 Å². The van der Waals surface area contributed by atoms with Crippen molar-refractivity contribution in [2.24, 2.45) is 7.05 Å². The molecule has 0 unspecified atom stereocenters. The van der Waals surface area contributed by atoms with Gasteiger partial charge in [-0.2, -0.15) is 5.10 Å². The lowest BCUT2D eigenvalue weighted by atomic mass is 10.2. The van der Waals surface area contributed by atoms with Crippen LogP contribution in [0.15, 0.2) is 24.4 Å². The molecule has 0 saturated carbocycles. The highest BCUT2D eigenvalue weighted by atomic mass is 35.5. The molecular weight excluding hydrogens is 275 g/mol. The Morgan fingerprint density at radius 1 is 1.39 bits per heavy atom. The highest BCUT2D eigenvalue weighted by Gasteiger charge is 2.17. The Kier molecular flexibility index (Phi) is 3.45. The third kappa shape index (κ3) is 2.27. The number of hydrogen-bond acceptors (Lipinski definition) is 3. The summed E-state index contributed by atoms with van der Waals surface area (Å²) in [4.78, 5) is 12.1. The van der Waals surface area contributed by atoms with Gasteiger partial charge in [0.05, 0.1) is 27.5 Å². The van der Waals surface area contributed by atoms with Gasteiger partial charge < -0.3 is 11.1 Å². The maximum atomic E-state index is 12.1. The van der Waals surface area contributed by atoms with Crippen LogP contribution in [-0.4, -0.2) is 15.7 Å².